The van der Waals surface area contributed by atoms with Crippen molar-refractivity contribution in [2.75, 3.05) is 10.6 Å². The molecule has 0 aliphatic heterocycles. The average molecular weight is 390 g/mol. The van der Waals surface area contributed by atoms with Crippen molar-refractivity contribution in [2.45, 2.75) is 6.92 Å². The van der Waals surface area contributed by atoms with Crippen LogP contribution in [0.15, 0.2) is 67.1 Å². The number of aryl methyl sites for hydroxylation is 1. The highest BCUT2D eigenvalue weighted by Crippen LogP contribution is 2.23. The summed E-state index contributed by atoms with van der Waals surface area (Å²) in [4.78, 5) is 25.3. The number of aromatic nitrogens is 3. The van der Waals surface area contributed by atoms with Gasteiger partial charge >= 0.3 is 0 Å². The van der Waals surface area contributed by atoms with Gasteiger partial charge in [-0.2, -0.15) is 0 Å². The summed E-state index contributed by atoms with van der Waals surface area (Å²) in [5, 5.41) is 7.57. The molecule has 2 N–H and O–H groups in total. The minimum Gasteiger partial charge on any atom is -0.339 e. The Morgan fingerprint density at radius 3 is 2.64 bits per heavy atom. The fraction of sp³-hybridized carbons (Fsp3) is 0.0476. The van der Waals surface area contributed by atoms with E-state index in [-0.39, 0.29) is 11.6 Å². The minimum atomic E-state index is -0.351. The fourth-order valence-corrected chi connectivity index (χ4v) is 2.90. The first-order valence-corrected chi connectivity index (χ1v) is 8.98. The van der Waals surface area contributed by atoms with Crippen molar-refractivity contribution in [2.24, 2.45) is 0 Å². The van der Waals surface area contributed by atoms with E-state index in [1.165, 1.54) is 12.4 Å². The number of pyridine rings is 1. The van der Waals surface area contributed by atoms with Crippen molar-refractivity contribution in [3.63, 3.8) is 0 Å². The van der Waals surface area contributed by atoms with Crippen LogP contribution in [-0.4, -0.2) is 20.9 Å². The van der Waals surface area contributed by atoms with E-state index in [2.05, 4.69) is 25.6 Å². The molecule has 4 aromatic rings. The number of hydrogen-bond donors (Lipinski definition) is 2. The molecule has 1 amide bonds. The average Bonchev–Trinajstić information content (AvgIpc) is 2.71. The number of para-hydroxylation sites is 1. The number of rotatable bonds is 4. The zero-order chi connectivity index (χ0) is 19.5. The van der Waals surface area contributed by atoms with Gasteiger partial charge in [0.1, 0.15) is 11.5 Å². The maximum atomic E-state index is 12.5. The molecule has 4 rings (SSSR count). The van der Waals surface area contributed by atoms with Gasteiger partial charge in [0, 0.05) is 22.3 Å². The van der Waals surface area contributed by atoms with E-state index in [0.29, 0.717) is 16.5 Å². The lowest BCUT2D eigenvalue weighted by atomic mass is 10.2. The molecule has 0 unspecified atom stereocenters. The molecule has 2 aromatic heterocycles. The second kappa shape index (κ2) is 7.62. The third kappa shape index (κ3) is 3.77. The summed E-state index contributed by atoms with van der Waals surface area (Å²) in [6, 6.07) is 15.0. The lowest BCUT2D eigenvalue weighted by Crippen LogP contribution is -2.14. The molecule has 0 atom stereocenters. The van der Waals surface area contributed by atoms with Gasteiger partial charge in [-0.1, -0.05) is 35.9 Å². The van der Waals surface area contributed by atoms with E-state index >= 15 is 0 Å². The van der Waals surface area contributed by atoms with Gasteiger partial charge in [0.05, 0.1) is 23.6 Å². The monoisotopic (exact) mass is 389 g/mol. The van der Waals surface area contributed by atoms with Crippen LogP contribution < -0.4 is 10.6 Å². The number of nitrogens with zero attached hydrogens (tertiary/aromatic N) is 3. The summed E-state index contributed by atoms with van der Waals surface area (Å²) in [6.45, 7) is 1.94. The van der Waals surface area contributed by atoms with E-state index < -0.39 is 0 Å². The van der Waals surface area contributed by atoms with Crippen LogP contribution in [0.4, 0.5) is 17.2 Å². The van der Waals surface area contributed by atoms with E-state index in [4.69, 9.17) is 11.6 Å². The highest BCUT2D eigenvalue weighted by Gasteiger charge is 2.11. The summed E-state index contributed by atoms with van der Waals surface area (Å²) < 4.78 is 0. The Bertz CT molecular complexity index is 1160. The number of anilines is 3. The predicted molar refractivity (Wildman–Crippen MR) is 111 cm³/mol. The standard InChI is InChI=1S/C21H16ClN5O/c1-13-7-8-15(10-16(13)22)26-19-12-24-18(11-25-19)21(28)27-17-6-2-4-14-5-3-9-23-20(14)17/h2-12H,1H3,(H,25,26)(H,27,28). The maximum Gasteiger partial charge on any atom is 0.275 e. The molecule has 0 saturated heterocycles. The number of benzene rings is 2. The number of carbonyl (C=O) groups excluding carboxylic acids is 1. The number of carbonyl (C=O) groups is 1. The summed E-state index contributed by atoms with van der Waals surface area (Å²) >= 11 is 6.13. The van der Waals surface area contributed by atoms with E-state index in [1.807, 2.05) is 49.4 Å². The Balaban J connectivity index is 1.50. The Labute approximate surface area is 166 Å². The van der Waals surface area contributed by atoms with Gasteiger partial charge < -0.3 is 10.6 Å². The molecule has 7 heteroatoms. The molecule has 0 aliphatic rings. The largest absolute Gasteiger partial charge is 0.339 e. The van der Waals surface area contributed by atoms with Crippen molar-refractivity contribution < 1.29 is 4.79 Å². The summed E-state index contributed by atoms with van der Waals surface area (Å²) in [7, 11) is 0. The SMILES string of the molecule is Cc1ccc(Nc2cnc(C(=O)Nc3cccc4cccnc34)cn2)cc1Cl. The molecular formula is C21H16ClN5O. The Hall–Kier alpha value is -3.51. The molecule has 28 heavy (non-hydrogen) atoms. The van der Waals surface area contributed by atoms with Crippen LogP contribution in [0.25, 0.3) is 10.9 Å². The van der Waals surface area contributed by atoms with Crippen LogP contribution in [0.2, 0.25) is 5.02 Å². The number of hydrogen-bond acceptors (Lipinski definition) is 5. The Kier molecular flexibility index (Phi) is 4.87. The molecule has 6 nitrogen and oxygen atoms in total. The van der Waals surface area contributed by atoms with Gasteiger partial charge in [0.25, 0.3) is 5.91 Å². The topological polar surface area (TPSA) is 79.8 Å². The van der Waals surface area contributed by atoms with E-state index in [1.54, 1.807) is 12.3 Å². The smallest absolute Gasteiger partial charge is 0.275 e. The quantitative estimate of drug-likeness (QED) is 0.514. The number of fused-ring (bicyclic) bond motifs is 1. The van der Waals surface area contributed by atoms with Gasteiger partial charge in [-0.25, -0.2) is 9.97 Å². The van der Waals surface area contributed by atoms with Gasteiger partial charge in [0.2, 0.25) is 0 Å². The third-order valence-electron chi connectivity index (χ3n) is 4.21. The van der Waals surface area contributed by atoms with Crippen LogP contribution in [-0.2, 0) is 0 Å². The summed E-state index contributed by atoms with van der Waals surface area (Å²) in [5.41, 5.74) is 3.35. The van der Waals surface area contributed by atoms with Gasteiger partial charge in [0.15, 0.2) is 0 Å². The molecule has 2 aromatic carbocycles. The predicted octanol–water partition coefficient (Wildman–Crippen LogP) is 4.98. The lowest BCUT2D eigenvalue weighted by Gasteiger charge is -2.09. The normalized spacial score (nSPS) is 10.6. The number of amides is 1. The van der Waals surface area contributed by atoms with Gasteiger partial charge in [-0.05, 0) is 36.8 Å². The van der Waals surface area contributed by atoms with Gasteiger partial charge in [-0.3, -0.25) is 9.78 Å². The number of nitrogens with one attached hydrogen (secondary N) is 2. The summed E-state index contributed by atoms with van der Waals surface area (Å²) in [6.07, 6.45) is 4.62. The second-order valence-electron chi connectivity index (χ2n) is 6.21. The van der Waals surface area contributed by atoms with Crippen LogP contribution in [0.5, 0.6) is 0 Å². The molecule has 0 fully saturated rings. The molecule has 138 valence electrons. The highest BCUT2D eigenvalue weighted by molar-refractivity contribution is 6.31. The van der Waals surface area contributed by atoms with Crippen molar-refractivity contribution in [1.29, 1.82) is 0 Å². The first-order chi connectivity index (χ1) is 13.6. The minimum absolute atomic E-state index is 0.209. The molecular weight excluding hydrogens is 374 g/mol. The second-order valence-corrected chi connectivity index (χ2v) is 6.62. The fourth-order valence-electron chi connectivity index (χ4n) is 2.72. The molecule has 0 bridgehead atoms. The Morgan fingerprint density at radius 1 is 1.00 bits per heavy atom. The molecule has 0 radical (unpaired) electrons. The maximum absolute atomic E-state index is 12.5. The molecule has 0 saturated carbocycles. The molecule has 0 aliphatic carbocycles. The molecule has 2 heterocycles. The van der Waals surface area contributed by atoms with Crippen LogP contribution in [0.3, 0.4) is 0 Å². The molecule has 0 spiro atoms. The lowest BCUT2D eigenvalue weighted by molar-refractivity contribution is 0.102. The first kappa shape index (κ1) is 17.9. The Morgan fingerprint density at radius 2 is 1.86 bits per heavy atom. The third-order valence-corrected chi connectivity index (χ3v) is 4.62. The van der Waals surface area contributed by atoms with Crippen molar-refractivity contribution >= 4 is 45.6 Å². The zero-order valence-electron chi connectivity index (χ0n) is 15.0. The van der Waals surface area contributed by atoms with E-state index in [0.717, 1.165) is 22.2 Å². The summed E-state index contributed by atoms with van der Waals surface area (Å²) in [5.74, 6) is 0.166. The van der Waals surface area contributed by atoms with Crippen LogP contribution in [0.1, 0.15) is 16.1 Å². The first-order valence-electron chi connectivity index (χ1n) is 8.60. The van der Waals surface area contributed by atoms with Crippen LogP contribution >= 0.6 is 11.6 Å². The van der Waals surface area contributed by atoms with E-state index in [9.17, 15) is 4.79 Å². The number of halogens is 1. The highest BCUT2D eigenvalue weighted by atomic mass is 35.5. The van der Waals surface area contributed by atoms with Crippen LogP contribution in [0, 0.1) is 6.92 Å². The van der Waals surface area contributed by atoms with Crippen molar-refractivity contribution in [1.82, 2.24) is 15.0 Å². The van der Waals surface area contributed by atoms with Gasteiger partial charge in [-0.15, -0.1) is 0 Å². The van der Waals surface area contributed by atoms with Crippen molar-refractivity contribution in [3.05, 3.63) is 83.4 Å². The van der Waals surface area contributed by atoms with Crippen molar-refractivity contribution in [3.8, 4) is 0 Å². The zero-order valence-corrected chi connectivity index (χ0v) is 15.7.